The van der Waals surface area contributed by atoms with Crippen LogP contribution >= 0.6 is 11.3 Å². The Morgan fingerprint density at radius 2 is 2.07 bits per heavy atom. The lowest BCUT2D eigenvalue weighted by Gasteiger charge is -2.30. The average Bonchev–Trinajstić information content (AvgIpc) is 3.15. The van der Waals surface area contributed by atoms with Crippen molar-refractivity contribution in [3.63, 3.8) is 0 Å². The molecule has 7 nitrogen and oxygen atoms in total. The SMILES string of the molecule is CCCc1cc(=O)n2nc(N3CCC(C(=O)Nc4ccc(F)cc4C)CC3)sc2n1. The first-order valence-electron chi connectivity index (χ1n) is 10.2. The van der Waals surface area contributed by atoms with Crippen molar-refractivity contribution in [2.75, 3.05) is 23.3 Å². The average molecular weight is 430 g/mol. The van der Waals surface area contributed by atoms with Gasteiger partial charge in [0.2, 0.25) is 16.0 Å². The summed E-state index contributed by atoms with van der Waals surface area (Å²) in [7, 11) is 0. The Bertz CT molecular complexity index is 1130. The highest BCUT2D eigenvalue weighted by Crippen LogP contribution is 2.28. The van der Waals surface area contributed by atoms with Crippen molar-refractivity contribution >= 4 is 33.0 Å². The van der Waals surface area contributed by atoms with Crippen LogP contribution < -0.4 is 15.8 Å². The Balaban J connectivity index is 1.42. The number of nitrogens with zero attached hydrogens (tertiary/aromatic N) is 4. The molecule has 30 heavy (non-hydrogen) atoms. The van der Waals surface area contributed by atoms with Crippen LogP contribution in [0.2, 0.25) is 0 Å². The molecule has 0 atom stereocenters. The predicted molar refractivity (Wildman–Crippen MR) is 116 cm³/mol. The van der Waals surface area contributed by atoms with Crippen molar-refractivity contribution in [1.29, 1.82) is 0 Å². The summed E-state index contributed by atoms with van der Waals surface area (Å²) in [5.41, 5.74) is 1.98. The minimum atomic E-state index is -0.315. The Kier molecular flexibility index (Phi) is 5.80. The number of anilines is 2. The number of amides is 1. The molecule has 3 aromatic rings. The van der Waals surface area contributed by atoms with Gasteiger partial charge < -0.3 is 10.2 Å². The molecule has 1 amide bonds. The molecule has 1 aliphatic rings. The van der Waals surface area contributed by atoms with Gasteiger partial charge in [-0.3, -0.25) is 9.59 Å². The summed E-state index contributed by atoms with van der Waals surface area (Å²) in [6.07, 6.45) is 3.07. The number of hydrogen-bond donors (Lipinski definition) is 1. The van der Waals surface area contributed by atoms with E-state index in [9.17, 15) is 14.0 Å². The van der Waals surface area contributed by atoms with Gasteiger partial charge in [0, 0.05) is 36.5 Å². The summed E-state index contributed by atoms with van der Waals surface area (Å²) in [5.74, 6) is -0.474. The topological polar surface area (TPSA) is 79.6 Å². The van der Waals surface area contributed by atoms with Gasteiger partial charge in [-0.25, -0.2) is 9.37 Å². The minimum absolute atomic E-state index is 0.0456. The van der Waals surface area contributed by atoms with Crippen LogP contribution in [0, 0.1) is 18.7 Å². The van der Waals surface area contributed by atoms with Crippen molar-refractivity contribution in [2.45, 2.75) is 39.5 Å². The van der Waals surface area contributed by atoms with E-state index in [4.69, 9.17) is 0 Å². The molecule has 0 aliphatic carbocycles. The lowest BCUT2D eigenvalue weighted by molar-refractivity contribution is -0.120. The van der Waals surface area contributed by atoms with Crippen LogP contribution in [0.15, 0.2) is 29.1 Å². The molecule has 3 heterocycles. The van der Waals surface area contributed by atoms with Crippen LogP contribution in [0.1, 0.15) is 37.4 Å². The van der Waals surface area contributed by atoms with Crippen molar-refractivity contribution in [1.82, 2.24) is 14.6 Å². The second-order valence-electron chi connectivity index (χ2n) is 7.62. The fourth-order valence-electron chi connectivity index (χ4n) is 3.69. The fraction of sp³-hybridized carbons (Fsp3) is 0.429. The maximum Gasteiger partial charge on any atom is 0.275 e. The summed E-state index contributed by atoms with van der Waals surface area (Å²) in [5, 5.41) is 8.11. The maximum absolute atomic E-state index is 13.3. The van der Waals surface area contributed by atoms with Crippen LogP contribution in [-0.4, -0.2) is 33.6 Å². The van der Waals surface area contributed by atoms with Crippen LogP contribution in [0.3, 0.4) is 0 Å². The number of fused-ring (bicyclic) bond motifs is 1. The highest BCUT2D eigenvalue weighted by Gasteiger charge is 2.27. The van der Waals surface area contributed by atoms with E-state index in [1.54, 1.807) is 19.1 Å². The van der Waals surface area contributed by atoms with E-state index in [0.717, 1.165) is 23.7 Å². The zero-order chi connectivity index (χ0) is 21.3. The maximum atomic E-state index is 13.3. The lowest BCUT2D eigenvalue weighted by atomic mass is 9.96. The van der Waals surface area contributed by atoms with Crippen LogP contribution in [0.5, 0.6) is 0 Å². The lowest BCUT2D eigenvalue weighted by Crippen LogP contribution is -2.38. The summed E-state index contributed by atoms with van der Waals surface area (Å²) in [6, 6.07) is 5.90. The van der Waals surface area contributed by atoms with Gasteiger partial charge >= 0.3 is 0 Å². The molecule has 1 fully saturated rings. The van der Waals surface area contributed by atoms with Gasteiger partial charge in [0.15, 0.2) is 0 Å². The van der Waals surface area contributed by atoms with Gasteiger partial charge in [-0.2, -0.15) is 4.52 Å². The highest BCUT2D eigenvalue weighted by atomic mass is 32.1. The normalized spacial score (nSPS) is 15.0. The van der Waals surface area contributed by atoms with Gasteiger partial charge in [-0.05, 0) is 49.9 Å². The zero-order valence-electron chi connectivity index (χ0n) is 17.0. The molecule has 0 saturated carbocycles. The standard InChI is InChI=1S/C21H24FN5O2S/c1-3-4-16-12-18(28)27-20(23-16)30-21(25-27)26-9-7-14(8-10-26)19(29)24-17-6-5-15(22)11-13(17)2/h5-6,11-12,14H,3-4,7-10H2,1-2H3,(H,24,29). The molecule has 2 aromatic heterocycles. The number of rotatable bonds is 5. The predicted octanol–water partition coefficient (Wildman–Crippen LogP) is 3.41. The summed E-state index contributed by atoms with van der Waals surface area (Å²) in [6.45, 7) is 5.18. The second-order valence-corrected chi connectivity index (χ2v) is 8.56. The third-order valence-electron chi connectivity index (χ3n) is 5.38. The van der Waals surface area contributed by atoms with Gasteiger partial charge in [0.05, 0.1) is 0 Å². The van der Waals surface area contributed by atoms with Crippen LogP contribution in [-0.2, 0) is 11.2 Å². The number of aryl methyl sites for hydroxylation is 2. The van der Waals surface area contributed by atoms with Gasteiger partial charge in [-0.1, -0.05) is 24.7 Å². The van der Waals surface area contributed by atoms with E-state index in [0.29, 0.717) is 42.1 Å². The first-order chi connectivity index (χ1) is 14.4. The number of piperidine rings is 1. The van der Waals surface area contributed by atoms with E-state index in [1.807, 2.05) is 0 Å². The van der Waals surface area contributed by atoms with E-state index in [2.05, 4.69) is 27.2 Å². The summed E-state index contributed by atoms with van der Waals surface area (Å²) >= 11 is 1.40. The molecule has 0 spiro atoms. The number of nitrogens with one attached hydrogen (secondary N) is 1. The molecule has 9 heteroatoms. The zero-order valence-corrected chi connectivity index (χ0v) is 17.8. The number of aromatic nitrogens is 3. The first-order valence-corrected chi connectivity index (χ1v) is 11.0. The number of benzene rings is 1. The number of hydrogen-bond acceptors (Lipinski definition) is 6. The van der Waals surface area contributed by atoms with Crippen molar-refractivity contribution in [3.8, 4) is 0 Å². The minimum Gasteiger partial charge on any atom is -0.347 e. The molecule has 0 bridgehead atoms. The third kappa shape index (κ3) is 4.21. The number of carbonyl (C=O) groups is 1. The van der Waals surface area contributed by atoms with Crippen molar-refractivity contribution < 1.29 is 9.18 Å². The van der Waals surface area contributed by atoms with Gasteiger partial charge in [-0.15, -0.1) is 5.10 Å². The van der Waals surface area contributed by atoms with E-state index in [1.165, 1.54) is 28.0 Å². The molecule has 4 rings (SSSR count). The largest absolute Gasteiger partial charge is 0.347 e. The molecule has 1 N–H and O–H groups in total. The van der Waals surface area contributed by atoms with E-state index < -0.39 is 0 Å². The van der Waals surface area contributed by atoms with Crippen molar-refractivity contribution in [3.05, 3.63) is 51.7 Å². The van der Waals surface area contributed by atoms with E-state index in [-0.39, 0.29) is 23.2 Å². The number of carbonyl (C=O) groups excluding carboxylic acids is 1. The Hall–Kier alpha value is -2.81. The van der Waals surface area contributed by atoms with E-state index >= 15 is 0 Å². The smallest absolute Gasteiger partial charge is 0.275 e. The van der Waals surface area contributed by atoms with Crippen LogP contribution in [0.4, 0.5) is 15.2 Å². The summed E-state index contributed by atoms with van der Waals surface area (Å²) in [4.78, 5) is 32.2. The Labute approximate surface area is 177 Å². The molecular weight excluding hydrogens is 405 g/mol. The summed E-state index contributed by atoms with van der Waals surface area (Å²) < 4.78 is 14.6. The molecule has 0 radical (unpaired) electrons. The van der Waals surface area contributed by atoms with Crippen molar-refractivity contribution in [2.24, 2.45) is 5.92 Å². The highest BCUT2D eigenvalue weighted by molar-refractivity contribution is 7.20. The Morgan fingerprint density at radius 3 is 2.77 bits per heavy atom. The van der Waals surface area contributed by atoms with Gasteiger partial charge in [0.1, 0.15) is 5.82 Å². The van der Waals surface area contributed by atoms with Gasteiger partial charge in [0.25, 0.3) is 5.56 Å². The molecule has 1 saturated heterocycles. The molecular formula is C21H24FN5O2S. The molecule has 1 aliphatic heterocycles. The molecule has 158 valence electrons. The number of halogens is 1. The fourth-order valence-corrected chi connectivity index (χ4v) is 4.67. The first kappa shape index (κ1) is 20.5. The Morgan fingerprint density at radius 1 is 1.30 bits per heavy atom. The van der Waals surface area contributed by atoms with Crippen LogP contribution in [0.25, 0.3) is 4.96 Å². The monoisotopic (exact) mass is 429 g/mol. The molecule has 0 unspecified atom stereocenters. The molecule has 1 aromatic carbocycles. The quantitative estimate of drug-likeness (QED) is 0.672. The second kappa shape index (κ2) is 8.51. The third-order valence-corrected chi connectivity index (χ3v) is 6.35.